The zero-order valence-corrected chi connectivity index (χ0v) is 12.1. The van der Waals surface area contributed by atoms with E-state index >= 15 is 0 Å². The molecule has 0 aliphatic heterocycles. The Morgan fingerprint density at radius 1 is 1.33 bits per heavy atom. The van der Waals surface area contributed by atoms with Crippen LogP contribution in [0.2, 0.25) is 0 Å². The smallest absolute Gasteiger partial charge is 0.224 e. The van der Waals surface area contributed by atoms with Gasteiger partial charge in [-0.05, 0) is 5.56 Å². The van der Waals surface area contributed by atoms with Gasteiger partial charge in [-0.1, -0.05) is 30.3 Å². The highest BCUT2D eigenvalue weighted by Crippen LogP contribution is 2.17. The Morgan fingerprint density at radius 2 is 2.10 bits per heavy atom. The van der Waals surface area contributed by atoms with Crippen LogP contribution in [0.1, 0.15) is 12.8 Å². The second-order valence-electron chi connectivity index (χ2n) is 4.83. The number of rotatable bonds is 6. The quantitative estimate of drug-likeness (QED) is 0.816. The molecule has 2 rings (SSSR count). The van der Waals surface area contributed by atoms with Gasteiger partial charge in [-0.25, -0.2) is 0 Å². The van der Waals surface area contributed by atoms with Gasteiger partial charge in [0.25, 0.3) is 0 Å². The maximum absolute atomic E-state index is 11.9. The fraction of sp³-hybridized carbons (Fsp3) is 0.312. The summed E-state index contributed by atoms with van der Waals surface area (Å²) in [5.41, 5.74) is 2.15. The van der Waals surface area contributed by atoms with E-state index < -0.39 is 0 Å². The Morgan fingerprint density at radius 3 is 2.81 bits per heavy atom. The Kier molecular flexibility index (Phi) is 5.10. The maximum Gasteiger partial charge on any atom is 0.224 e. The topological polar surface area (TPSA) is 61.9 Å². The lowest BCUT2D eigenvalue weighted by molar-refractivity contribution is -0.130. The van der Waals surface area contributed by atoms with Crippen molar-refractivity contribution in [3.63, 3.8) is 0 Å². The number of nitriles is 1. The summed E-state index contributed by atoms with van der Waals surface area (Å²) < 4.78 is 1.78. The van der Waals surface area contributed by atoms with Gasteiger partial charge in [0.2, 0.25) is 5.91 Å². The monoisotopic (exact) mass is 282 g/mol. The molecule has 0 bridgehead atoms. The molecule has 21 heavy (non-hydrogen) atoms. The first-order chi connectivity index (χ1) is 10.2. The van der Waals surface area contributed by atoms with Crippen LogP contribution < -0.4 is 0 Å². The molecular formula is C16H18N4O. The second kappa shape index (κ2) is 7.25. The molecule has 0 radical (unpaired) electrons. The highest BCUT2D eigenvalue weighted by molar-refractivity contribution is 5.75. The molecule has 2 aromatic rings. The predicted octanol–water partition coefficient (Wildman–Crippen LogP) is 2.31. The van der Waals surface area contributed by atoms with Crippen LogP contribution in [-0.2, 0) is 11.3 Å². The van der Waals surface area contributed by atoms with Gasteiger partial charge in [-0.2, -0.15) is 10.4 Å². The third-order valence-electron chi connectivity index (χ3n) is 3.28. The molecule has 0 fully saturated rings. The van der Waals surface area contributed by atoms with Crippen molar-refractivity contribution in [1.82, 2.24) is 14.7 Å². The van der Waals surface area contributed by atoms with Crippen molar-refractivity contribution in [2.75, 3.05) is 13.6 Å². The highest BCUT2D eigenvalue weighted by atomic mass is 16.2. The van der Waals surface area contributed by atoms with E-state index in [1.807, 2.05) is 42.6 Å². The first-order valence-corrected chi connectivity index (χ1v) is 6.89. The van der Waals surface area contributed by atoms with Gasteiger partial charge in [0.15, 0.2) is 0 Å². The molecule has 1 heterocycles. The van der Waals surface area contributed by atoms with Gasteiger partial charge in [-0.15, -0.1) is 0 Å². The van der Waals surface area contributed by atoms with Crippen LogP contribution in [-0.4, -0.2) is 34.2 Å². The third-order valence-corrected chi connectivity index (χ3v) is 3.28. The number of carbonyl (C=O) groups excluding carboxylic acids is 1. The molecule has 5 nitrogen and oxygen atoms in total. The molecule has 1 amide bonds. The van der Waals surface area contributed by atoms with Crippen molar-refractivity contribution >= 4 is 5.91 Å². The molecule has 0 unspecified atom stereocenters. The van der Waals surface area contributed by atoms with Crippen LogP contribution >= 0.6 is 0 Å². The number of hydrogen-bond acceptors (Lipinski definition) is 3. The van der Waals surface area contributed by atoms with Crippen LogP contribution in [0.5, 0.6) is 0 Å². The minimum Gasteiger partial charge on any atom is -0.345 e. The minimum atomic E-state index is 0.0296. The first kappa shape index (κ1) is 14.8. The summed E-state index contributed by atoms with van der Waals surface area (Å²) in [5, 5.41) is 12.8. The molecule has 5 heteroatoms. The highest BCUT2D eigenvalue weighted by Gasteiger charge is 2.09. The molecule has 1 aromatic heterocycles. The SMILES string of the molecule is CN(CCC#N)C(=O)CCn1cc(-c2ccccc2)cn1. The van der Waals surface area contributed by atoms with E-state index in [9.17, 15) is 4.79 Å². The number of nitrogens with zero attached hydrogens (tertiary/aromatic N) is 4. The number of hydrogen-bond donors (Lipinski definition) is 0. The normalized spacial score (nSPS) is 10.1. The zero-order chi connectivity index (χ0) is 15.1. The maximum atomic E-state index is 11.9. The van der Waals surface area contributed by atoms with E-state index in [4.69, 9.17) is 5.26 Å². The van der Waals surface area contributed by atoms with E-state index in [0.29, 0.717) is 25.9 Å². The predicted molar refractivity (Wildman–Crippen MR) is 80.1 cm³/mol. The van der Waals surface area contributed by atoms with Crippen molar-refractivity contribution in [2.24, 2.45) is 0 Å². The summed E-state index contributed by atoms with van der Waals surface area (Å²) in [6.45, 7) is 1.02. The molecule has 0 aliphatic rings. The largest absolute Gasteiger partial charge is 0.345 e. The number of aromatic nitrogens is 2. The summed E-state index contributed by atoms with van der Waals surface area (Å²) in [6.07, 6.45) is 4.50. The average Bonchev–Trinajstić information content (AvgIpc) is 3.00. The van der Waals surface area contributed by atoms with Gasteiger partial charge in [0, 0.05) is 38.3 Å². The van der Waals surface area contributed by atoms with Crippen LogP contribution in [0.15, 0.2) is 42.7 Å². The summed E-state index contributed by atoms with van der Waals surface area (Å²) in [5.74, 6) is 0.0296. The molecule has 0 spiro atoms. The molecule has 108 valence electrons. The van der Waals surface area contributed by atoms with Crippen molar-refractivity contribution in [3.05, 3.63) is 42.7 Å². The number of aryl methyl sites for hydroxylation is 1. The third kappa shape index (κ3) is 4.18. The van der Waals surface area contributed by atoms with Gasteiger partial charge < -0.3 is 4.90 Å². The lowest BCUT2D eigenvalue weighted by Crippen LogP contribution is -2.28. The molecule has 0 aliphatic carbocycles. The fourth-order valence-electron chi connectivity index (χ4n) is 2.01. The number of carbonyl (C=O) groups is 1. The van der Waals surface area contributed by atoms with Crippen molar-refractivity contribution in [1.29, 1.82) is 5.26 Å². The summed E-state index contributed by atoms with van der Waals surface area (Å²) in [7, 11) is 1.72. The van der Waals surface area contributed by atoms with E-state index in [2.05, 4.69) is 5.10 Å². The molecule has 1 aromatic carbocycles. The second-order valence-corrected chi connectivity index (χ2v) is 4.83. The Bertz CT molecular complexity index is 627. The average molecular weight is 282 g/mol. The van der Waals surface area contributed by atoms with Gasteiger partial charge in [0.05, 0.1) is 18.7 Å². The first-order valence-electron chi connectivity index (χ1n) is 6.89. The minimum absolute atomic E-state index is 0.0296. The van der Waals surface area contributed by atoms with E-state index in [-0.39, 0.29) is 5.91 Å². The van der Waals surface area contributed by atoms with Crippen molar-refractivity contribution in [3.8, 4) is 17.2 Å². The van der Waals surface area contributed by atoms with E-state index in [0.717, 1.165) is 11.1 Å². The molecule has 0 saturated heterocycles. The van der Waals surface area contributed by atoms with Crippen LogP contribution in [0.4, 0.5) is 0 Å². The lowest BCUT2D eigenvalue weighted by Gasteiger charge is -2.15. The Balaban J connectivity index is 1.89. The van der Waals surface area contributed by atoms with Crippen molar-refractivity contribution < 1.29 is 4.79 Å². The van der Waals surface area contributed by atoms with Gasteiger partial charge >= 0.3 is 0 Å². The summed E-state index contributed by atoms with van der Waals surface area (Å²) in [6, 6.07) is 12.0. The molecule has 0 N–H and O–H groups in total. The zero-order valence-electron chi connectivity index (χ0n) is 12.1. The molecule has 0 saturated carbocycles. The van der Waals surface area contributed by atoms with Crippen LogP contribution in [0, 0.1) is 11.3 Å². The van der Waals surface area contributed by atoms with Gasteiger partial charge in [-0.3, -0.25) is 9.48 Å². The van der Waals surface area contributed by atoms with Gasteiger partial charge in [0.1, 0.15) is 0 Å². The summed E-state index contributed by atoms with van der Waals surface area (Å²) in [4.78, 5) is 13.5. The Hall–Kier alpha value is -2.61. The fourth-order valence-corrected chi connectivity index (χ4v) is 2.01. The van der Waals surface area contributed by atoms with Crippen molar-refractivity contribution in [2.45, 2.75) is 19.4 Å². The Labute approximate surface area is 124 Å². The summed E-state index contributed by atoms with van der Waals surface area (Å²) >= 11 is 0. The number of benzene rings is 1. The van der Waals surface area contributed by atoms with Crippen LogP contribution in [0.25, 0.3) is 11.1 Å². The molecular weight excluding hydrogens is 264 g/mol. The lowest BCUT2D eigenvalue weighted by atomic mass is 10.1. The van der Waals surface area contributed by atoms with E-state index in [1.165, 1.54) is 0 Å². The molecule has 0 atom stereocenters. The van der Waals surface area contributed by atoms with Crippen LogP contribution in [0.3, 0.4) is 0 Å². The van der Waals surface area contributed by atoms with E-state index in [1.54, 1.807) is 22.8 Å². The standard InChI is InChI=1S/C16H18N4O/c1-19(10-5-9-17)16(21)8-11-20-13-15(12-18-20)14-6-3-2-4-7-14/h2-4,6-7,12-13H,5,8,10-11H2,1H3. The number of amides is 1.